The third kappa shape index (κ3) is 2.92. The van der Waals surface area contributed by atoms with Gasteiger partial charge in [-0.15, -0.1) is 0 Å². The van der Waals surface area contributed by atoms with E-state index in [4.69, 9.17) is 5.73 Å². The SMILES string of the molecule is NCc1ccc(F)cc1C(O)C(O)CS. The number of halogens is 1. The predicted molar refractivity (Wildman–Crippen MR) is 59.1 cm³/mol. The van der Waals surface area contributed by atoms with E-state index in [1.54, 1.807) is 0 Å². The van der Waals surface area contributed by atoms with Gasteiger partial charge in [0, 0.05) is 12.3 Å². The number of hydrogen-bond acceptors (Lipinski definition) is 4. The number of rotatable bonds is 4. The van der Waals surface area contributed by atoms with E-state index < -0.39 is 18.0 Å². The van der Waals surface area contributed by atoms with Crippen LogP contribution in [0.25, 0.3) is 0 Å². The topological polar surface area (TPSA) is 66.5 Å². The predicted octanol–water partition coefficient (Wildman–Crippen LogP) is 0.608. The van der Waals surface area contributed by atoms with E-state index in [-0.39, 0.29) is 12.3 Å². The number of benzene rings is 1. The van der Waals surface area contributed by atoms with Gasteiger partial charge in [-0.25, -0.2) is 4.39 Å². The molecule has 0 heterocycles. The monoisotopic (exact) mass is 231 g/mol. The molecule has 0 saturated heterocycles. The van der Waals surface area contributed by atoms with Gasteiger partial charge in [0.1, 0.15) is 11.9 Å². The fourth-order valence-corrected chi connectivity index (χ4v) is 1.53. The van der Waals surface area contributed by atoms with E-state index in [9.17, 15) is 14.6 Å². The van der Waals surface area contributed by atoms with Crippen LogP contribution in [0.15, 0.2) is 18.2 Å². The number of thiol groups is 1. The maximum absolute atomic E-state index is 13.0. The number of hydrogen-bond donors (Lipinski definition) is 4. The van der Waals surface area contributed by atoms with Crippen LogP contribution in [0.1, 0.15) is 17.2 Å². The highest BCUT2D eigenvalue weighted by molar-refractivity contribution is 7.80. The summed E-state index contributed by atoms with van der Waals surface area (Å²) in [4.78, 5) is 0. The van der Waals surface area contributed by atoms with Gasteiger partial charge in [-0.3, -0.25) is 0 Å². The molecule has 3 nitrogen and oxygen atoms in total. The molecule has 0 saturated carbocycles. The van der Waals surface area contributed by atoms with Crippen molar-refractivity contribution in [3.63, 3.8) is 0 Å². The average molecular weight is 231 g/mol. The highest BCUT2D eigenvalue weighted by Gasteiger charge is 2.19. The minimum Gasteiger partial charge on any atom is -0.389 e. The second-order valence-electron chi connectivity index (χ2n) is 3.24. The number of nitrogens with two attached hydrogens (primary N) is 1. The van der Waals surface area contributed by atoms with E-state index in [1.165, 1.54) is 18.2 Å². The third-order valence-corrected chi connectivity index (χ3v) is 2.57. The van der Waals surface area contributed by atoms with Crippen molar-refractivity contribution < 1.29 is 14.6 Å². The van der Waals surface area contributed by atoms with Crippen LogP contribution in [0.3, 0.4) is 0 Å². The quantitative estimate of drug-likeness (QED) is 0.574. The summed E-state index contributed by atoms with van der Waals surface area (Å²) in [6.45, 7) is 0.186. The van der Waals surface area contributed by atoms with E-state index in [1.807, 2.05) is 0 Å². The average Bonchev–Trinajstić information content (AvgIpc) is 2.27. The second kappa shape index (κ2) is 5.46. The standard InChI is InChI=1S/C10H14FNO2S/c11-7-2-1-6(4-12)8(3-7)10(14)9(13)5-15/h1-3,9-10,13-15H,4-5,12H2. The molecule has 1 aromatic rings. The molecule has 0 bridgehead atoms. The van der Waals surface area contributed by atoms with Crippen molar-refractivity contribution in [2.24, 2.45) is 5.73 Å². The van der Waals surface area contributed by atoms with Gasteiger partial charge < -0.3 is 15.9 Å². The molecule has 0 aromatic heterocycles. The van der Waals surface area contributed by atoms with Crippen molar-refractivity contribution in [2.75, 3.05) is 5.75 Å². The Morgan fingerprint density at radius 1 is 1.40 bits per heavy atom. The van der Waals surface area contributed by atoms with Gasteiger partial charge in [0.15, 0.2) is 0 Å². The Balaban J connectivity index is 3.05. The maximum Gasteiger partial charge on any atom is 0.123 e. The molecule has 0 aliphatic rings. The Hall–Kier alpha value is -0.620. The molecule has 2 unspecified atom stereocenters. The van der Waals surface area contributed by atoms with Gasteiger partial charge in [-0.1, -0.05) is 6.07 Å². The molecule has 0 amide bonds. The molecule has 84 valence electrons. The van der Waals surface area contributed by atoms with Gasteiger partial charge in [-0.2, -0.15) is 12.6 Å². The molecule has 0 radical (unpaired) electrons. The largest absolute Gasteiger partial charge is 0.389 e. The highest BCUT2D eigenvalue weighted by atomic mass is 32.1. The molecule has 0 spiro atoms. The zero-order valence-electron chi connectivity index (χ0n) is 8.10. The fraction of sp³-hybridized carbons (Fsp3) is 0.400. The molecule has 15 heavy (non-hydrogen) atoms. The molecular formula is C10H14FNO2S. The Morgan fingerprint density at radius 2 is 2.07 bits per heavy atom. The van der Waals surface area contributed by atoms with E-state index >= 15 is 0 Å². The molecule has 0 aliphatic carbocycles. The first-order chi connectivity index (χ1) is 7.10. The molecule has 0 fully saturated rings. The van der Waals surface area contributed by atoms with E-state index in [0.717, 1.165) is 0 Å². The normalized spacial score (nSPS) is 15.0. The lowest BCUT2D eigenvalue weighted by molar-refractivity contribution is 0.0330. The van der Waals surface area contributed by atoms with Gasteiger partial charge in [0.05, 0.1) is 6.10 Å². The van der Waals surface area contributed by atoms with Gasteiger partial charge in [0.2, 0.25) is 0 Å². The minimum absolute atomic E-state index is 0.0989. The molecule has 2 atom stereocenters. The van der Waals surface area contributed by atoms with Gasteiger partial charge >= 0.3 is 0 Å². The van der Waals surface area contributed by atoms with Crippen LogP contribution < -0.4 is 5.73 Å². The van der Waals surface area contributed by atoms with Crippen molar-refractivity contribution in [3.8, 4) is 0 Å². The lowest BCUT2D eigenvalue weighted by Crippen LogP contribution is -2.21. The Bertz CT molecular complexity index is 335. The smallest absolute Gasteiger partial charge is 0.123 e. The van der Waals surface area contributed by atoms with Crippen LogP contribution in [0.2, 0.25) is 0 Å². The summed E-state index contributed by atoms with van der Waals surface area (Å²) >= 11 is 3.86. The van der Waals surface area contributed by atoms with Crippen LogP contribution in [0.5, 0.6) is 0 Å². The molecule has 4 N–H and O–H groups in total. The van der Waals surface area contributed by atoms with E-state index in [2.05, 4.69) is 12.6 Å². The van der Waals surface area contributed by atoms with Crippen LogP contribution in [0.4, 0.5) is 4.39 Å². The van der Waals surface area contributed by atoms with E-state index in [0.29, 0.717) is 11.1 Å². The molecular weight excluding hydrogens is 217 g/mol. The molecule has 0 aliphatic heterocycles. The zero-order chi connectivity index (χ0) is 11.4. The first kappa shape index (κ1) is 12.4. The van der Waals surface area contributed by atoms with Crippen LogP contribution in [-0.2, 0) is 6.54 Å². The Morgan fingerprint density at radius 3 is 2.60 bits per heavy atom. The summed E-state index contributed by atoms with van der Waals surface area (Å²) < 4.78 is 13.0. The van der Waals surface area contributed by atoms with Crippen molar-refractivity contribution in [1.29, 1.82) is 0 Å². The Labute approximate surface area is 93.1 Å². The van der Waals surface area contributed by atoms with Crippen LogP contribution in [0, 0.1) is 5.82 Å². The zero-order valence-corrected chi connectivity index (χ0v) is 8.99. The van der Waals surface area contributed by atoms with Crippen molar-refractivity contribution >= 4 is 12.6 Å². The summed E-state index contributed by atoms with van der Waals surface area (Å²) in [7, 11) is 0. The fourth-order valence-electron chi connectivity index (χ4n) is 1.33. The first-order valence-electron chi connectivity index (χ1n) is 4.55. The first-order valence-corrected chi connectivity index (χ1v) is 5.18. The lowest BCUT2D eigenvalue weighted by atomic mass is 9.99. The summed E-state index contributed by atoms with van der Waals surface area (Å²) in [6.07, 6.45) is -2.18. The van der Waals surface area contributed by atoms with Gasteiger partial charge in [-0.05, 0) is 23.3 Å². The lowest BCUT2D eigenvalue weighted by Gasteiger charge is -2.19. The van der Waals surface area contributed by atoms with Crippen LogP contribution >= 0.6 is 12.6 Å². The van der Waals surface area contributed by atoms with Gasteiger partial charge in [0.25, 0.3) is 0 Å². The summed E-state index contributed by atoms with van der Waals surface area (Å²) in [5.41, 5.74) is 6.38. The van der Waals surface area contributed by atoms with Crippen molar-refractivity contribution in [1.82, 2.24) is 0 Å². The van der Waals surface area contributed by atoms with Crippen molar-refractivity contribution in [3.05, 3.63) is 35.1 Å². The maximum atomic E-state index is 13.0. The van der Waals surface area contributed by atoms with Crippen molar-refractivity contribution in [2.45, 2.75) is 18.8 Å². The molecule has 1 aromatic carbocycles. The summed E-state index contributed by atoms with van der Waals surface area (Å²) in [5.74, 6) is -0.366. The summed E-state index contributed by atoms with van der Waals surface area (Å²) in [6, 6.07) is 3.95. The van der Waals surface area contributed by atoms with Crippen LogP contribution in [-0.4, -0.2) is 22.1 Å². The second-order valence-corrected chi connectivity index (χ2v) is 3.61. The minimum atomic E-state index is -1.16. The Kier molecular flexibility index (Phi) is 4.53. The number of aliphatic hydroxyl groups is 2. The molecule has 1 rings (SSSR count). The molecule has 5 heteroatoms. The third-order valence-electron chi connectivity index (χ3n) is 2.20. The highest BCUT2D eigenvalue weighted by Crippen LogP contribution is 2.22. The summed E-state index contributed by atoms with van der Waals surface area (Å²) in [5, 5.41) is 19.1. The number of aliphatic hydroxyl groups excluding tert-OH is 2.